The Labute approximate surface area is 82.7 Å². The van der Waals surface area contributed by atoms with Crippen molar-refractivity contribution in [2.75, 3.05) is 7.11 Å². The lowest BCUT2D eigenvalue weighted by Crippen LogP contribution is -2.21. The van der Waals surface area contributed by atoms with Gasteiger partial charge in [0, 0.05) is 7.11 Å². The first-order valence-electron chi connectivity index (χ1n) is 3.84. The largest absolute Gasteiger partial charge is 0.353 e. The lowest BCUT2D eigenvalue weighted by atomic mass is 10.4. The summed E-state index contributed by atoms with van der Waals surface area (Å²) in [6.07, 6.45) is 0. The Morgan fingerprint density at radius 1 is 1.36 bits per heavy atom. The van der Waals surface area contributed by atoms with Crippen molar-refractivity contribution in [1.29, 1.82) is 5.26 Å². The minimum atomic E-state index is -3.68. The van der Waals surface area contributed by atoms with Crippen LogP contribution in [-0.4, -0.2) is 21.0 Å². The smallest absolute Gasteiger partial charge is 0.249 e. The second-order valence-corrected chi connectivity index (χ2v) is 4.54. The molecule has 0 aliphatic rings. The zero-order valence-electron chi connectivity index (χ0n) is 7.54. The van der Waals surface area contributed by atoms with E-state index in [9.17, 15) is 8.42 Å². The molecule has 0 bridgehead atoms. The molecule has 0 aliphatic heterocycles. The molecule has 0 radical (unpaired) electrons. The molecular weight excluding hydrogens is 202 g/mol. The van der Waals surface area contributed by atoms with Crippen molar-refractivity contribution < 1.29 is 13.2 Å². The van der Waals surface area contributed by atoms with Gasteiger partial charge in [0.1, 0.15) is 6.07 Å². The first-order chi connectivity index (χ1) is 6.62. The van der Waals surface area contributed by atoms with Gasteiger partial charge in [-0.3, -0.25) is 0 Å². The van der Waals surface area contributed by atoms with Crippen molar-refractivity contribution in [3.63, 3.8) is 0 Å². The number of nitriles is 1. The number of methoxy groups -OCH3 is 1. The second-order valence-electron chi connectivity index (χ2n) is 2.55. The second kappa shape index (κ2) is 4.22. The molecule has 0 aliphatic carbocycles. The summed E-state index contributed by atoms with van der Waals surface area (Å²) in [6, 6.07) is 9.33. The fraction of sp³-hybridized carbons (Fsp3) is 0.222. The Morgan fingerprint density at radius 2 is 1.93 bits per heavy atom. The van der Waals surface area contributed by atoms with Gasteiger partial charge in [-0.2, -0.15) is 5.26 Å². The maximum Gasteiger partial charge on any atom is 0.249 e. The quantitative estimate of drug-likeness (QED) is 0.746. The summed E-state index contributed by atoms with van der Waals surface area (Å²) in [6.45, 7) is 0. The van der Waals surface area contributed by atoms with Gasteiger partial charge >= 0.3 is 0 Å². The molecule has 0 N–H and O–H groups in total. The summed E-state index contributed by atoms with van der Waals surface area (Å²) in [7, 11) is -2.50. The standard InChI is InChI=1S/C9H9NO3S/c1-13-9(7-10)14(11,12)8-5-3-2-4-6-8/h2-6,9H,1H3. The van der Waals surface area contributed by atoms with E-state index in [0.717, 1.165) is 0 Å². The van der Waals surface area contributed by atoms with Gasteiger partial charge in [-0.25, -0.2) is 8.42 Å². The molecule has 0 amide bonds. The number of ether oxygens (including phenoxy) is 1. The minimum Gasteiger partial charge on any atom is -0.353 e. The molecule has 1 atom stereocenters. The van der Waals surface area contributed by atoms with Crippen LogP contribution in [0.2, 0.25) is 0 Å². The Kier molecular flexibility index (Phi) is 3.23. The zero-order valence-corrected chi connectivity index (χ0v) is 8.36. The van der Waals surface area contributed by atoms with E-state index in [2.05, 4.69) is 4.74 Å². The SMILES string of the molecule is COC(C#N)S(=O)(=O)c1ccccc1. The van der Waals surface area contributed by atoms with Gasteiger partial charge in [0.25, 0.3) is 0 Å². The van der Waals surface area contributed by atoms with E-state index < -0.39 is 15.3 Å². The molecule has 0 heterocycles. The Morgan fingerprint density at radius 3 is 2.36 bits per heavy atom. The number of benzene rings is 1. The Balaban J connectivity index is 3.17. The first kappa shape index (κ1) is 10.7. The van der Waals surface area contributed by atoms with Gasteiger partial charge in [0.05, 0.1) is 4.90 Å². The number of nitrogens with zero attached hydrogens (tertiary/aromatic N) is 1. The first-order valence-corrected chi connectivity index (χ1v) is 5.39. The lowest BCUT2D eigenvalue weighted by molar-refractivity contribution is 0.203. The van der Waals surface area contributed by atoms with Gasteiger partial charge in [-0.1, -0.05) is 18.2 Å². The molecule has 1 unspecified atom stereocenters. The fourth-order valence-corrected chi connectivity index (χ4v) is 2.16. The summed E-state index contributed by atoms with van der Waals surface area (Å²) in [5, 5.41) is 8.57. The van der Waals surface area contributed by atoms with Crippen LogP contribution in [0.3, 0.4) is 0 Å². The number of hydrogen-bond donors (Lipinski definition) is 0. The van der Waals surface area contributed by atoms with Gasteiger partial charge in [-0.15, -0.1) is 0 Å². The summed E-state index contributed by atoms with van der Waals surface area (Å²) in [5.41, 5.74) is -1.44. The van der Waals surface area contributed by atoms with Crippen molar-refractivity contribution in [3.8, 4) is 6.07 Å². The molecule has 0 aromatic heterocycles. The predicted molar refractivity (Wildman–Crippen MR) is 50.0 cm³/mol. The van der Waals surface area contributed by atoms with E-state index in [1.54, 1.807) is 24.3 Å². The third kappa shape index (κ3) is 1.92. The molecule has 1 aromatic carbocycles. The van der Waals surface area contributed by atoms with Crippen LogP contribution in [0.15, 0.2) is 35.2 Å². The van der Waals surface area contributed by atoms with Crippen molar-refractivity contribution in [2.45, 2.75) is 10.3 Å². The number of rotatable bonds is 3. The van der Waals surface area contributed by atoms with Crippen LogP contribution in [-0.2, 0) is 14.6 Å². The van der Waals surface area contributed by atoms with Crippen LogP contribution in [0, 0.1) is 11.3 Å². The summed E-state index contributed by atoms with van der Waals surface area (Å²) in [5.74, 6) is 0. The summed E-state index contributed by atoms with van der Waals surface area (Å²) < 4.78 is 27.9. The van der Waals surface area contributed by atoms with E-state index in [4.69, 9.17) is 5.26 Å². The molecule has 1 rings (SSSR count). The van der Waals surface area contributed by atoms with Gasteiger partial charge in [0.15, 0.2) is 0 Å². The highest BCUT2D eigenvalue weighted by Crippen LogP contribution is 2.15. The van der Waals surface area contributed by atoms with E-state index >= 15 is 0 Å². The molecule has 1 aromatic rings. The van der Waals surface area contributed by atoms with Gasteiger partial charge in [0.2, 0.25) is 15.3 Å². The minimum absolute atomic E-state index is 0.0911. The highest BCUT2D eigenvalue weighted by atomic mass is 32.2. The number of hydrogen-bond acceptors (Lipinski definition) is 4. The molecule has 5 heteroatoms. The third-order valence-electron chi connectivity index (χ3n) is 1.67. The Hall–Kier alpha value is -1.38. The molecule has 4 nitrogen and oxygen atoms in total. The molecule has 74 valence electrons. The van der Waals surface area contributed by atoms with E-state index in [1.165, 1.54) is 19.2 Å². The molecule has 0 fully saturated rings. The Bertz CT molecular complexity index is 433. The van der Waals surface area contributed by atoms with Crippen LogP contribution < -0.4 is 0 Å². The average Bonchev–Trinajstić information content (AvgIpc) is 2.20. The molecular formula is C9H9NO3S. The molecule has 0 saturated carbocycles. The van der Waals surface area contributed by atoms with Crippen LogP contribution in [0.25, 0.3) is 0 Å². The molecule has 14 heavy (non-hydrogen) atoms. The van der Waals surface area contributed by atoms with Crippen molar-refractivity contribution in [3.05, 3.63) is 30.3 Å². The molecule has 0 saturated heterocycles. The highest BCUT2D eigenvalue weighted by Gasteiger charge is 2.26. The van der Waals surface area contributed by atoms with E-state index in [-0.39, 0.29) is 4.90 Å². The fourth-order valence-electron chi connectivity index (χ4n) is 0.983. The van der Waals surface area contributed by atoms with Crippen LogP contribution in [0.5, 0.6) is 0 Å². The van der Waals surface area contributed by atoms with Crippen molar-refractivity contribution in [1.82, 2.24) is 0 Å². The van der Waals surface area contributed by atoms with Crippen LogP contribution in [0.4, 0.5) is 0 Å². The van der Waals surface area contributed by atoms with E-state index in [1.807, 2.05) is 0 Å². The van der Waals surface area contributed by atoms with Crippen LogP contribution >= 0.6 is 0 Å². The third-order valence-corrected chi connectivity index (χ3v) is 3.46. The number of sulfone groups is 1. The van der Waals surface area contributed by atoms with Crippen molar-refractivity contribution in [2.24, 2.45) is 0 Å². The van der Waals surface area contributed by atoms with Gasteiger partial charge in [-0.05, 0) is 12.1 Å². The van der Waals surface area contributed by atoms with Crippen LogP contribution in [0.1, 0.15) is 0 Å². The zero-order chi connectivity index (χ0) is 10.6. The van der Waals surface area contributed by atoms with Gasteiger partial charge < -0.3 is 4.74 Å². The maximum absolute atomic E-state index is 11.6. The summed E-state index contributed by atoms with van der Waals surface area (Å²) in [4.78, 5) is 0.0911. The summed E-state index contributed by atoms with van der Waals surface area (Å²) >= 11 is 0. The highest BCUT2D eigenvalue weighted by molar-refractivity contribution is 7.92. The predicted octanol–water partition coefficient (Wildman–Crippen LogP) is 0.956. The monoisotopic (exact) mass is 211 g/mol. The maximum atomic E-state index is 11.6. The topological polar surface area (TPSA) is 67.2 Å². The normalized spacial score (nSPS) is 13.1. The van der Waals surface area contributed by atoms with Crippen molar-refractivity contribution >= 4 is 9.84 Å². The molecule has 0 spiro atoms. The average molecular weight is 211 g/mol. The lowest BCUT2D eigenvalue weighted by Gasteiger charge is -2.07. The van der Waals surface area contributed by atoms with E-state index in [0.29, 0.717) is 0 Å².